The molecule has 0 bridgehead atoms. The third-order valence-corrected chi connectivity index (χ3v) is 5.65. The van der Waals surface area contributed by atoms with Gasteiger partial charge in [0.15, 0.2) is 0 Å². The van der Waals surface area contributed by atoms with Gasteiger partial charge in [0.05, 0.1) is 0 Å². The molecule has 0 radical (unpaired) electrons. The number of hydrogen-bond donors (Lipinski definition) is 0. The van der Waals surface area contributed by atoms with Crippen LogP contribution in [0, 0.1) is 6.92 Å². The molecule has 0 fully saturated rings. The standard InChI is InChI=1S/C26H21.C2H5.2ClH.Zr/c1-2-18-13-15-20(16-14-18)25-17-21-7-3-4-10-23(21)26(25)24-12-6-9-19-8-5-11-22(19)24;1-2;;;/h3-17,26H,2H2,1H3;1H2,2H3;2*1H;/q2*-1;;;+4/p-2. The van der Waals surface area contributed by atoms with E-state index in [0.29, 0.717) is 5.92 Å². The van der Waals surface area contributed by atoms with Gasteiger partial charge in [0.25, 0.3) is 0 Å². The molecule has 0 amide bonds. The maximum absolute atomic E-state index is 3.25. The van der Waals surface area contributed by atoms with Crippen molar-refractivity contribution < 1.29 is 51.0 Å². The second kappa shape index (κ2) is 12.5. The molecule has 0 spiro atoms. The van der Waals surface area contributed by atoms with Crippen molar-refractivity contribution in [3.8, 4) is 0 Å². The molecule has 31 heavy (non-hydrogen) atoms. The van der Waals surface area contributed by atoms with E-state index >= 15 is 0 Å². The van der Waals surface area contributed by atoms with E-state index in [-0.39, 0.29) is 51.0 Å². The van der Waals surface area contributed by atoms with E-state index in [1.807, 2.05) is 0 Å². The third-order valence-electron chi connectivity index (χ3n) is 5.65. The van der Waals surface area contributed by atoms with Crippen LogP contribution in [0.25, 0.3) is 22.4 Å². The molecule has 0 heterocycles. The minimum absolute atomic E-state index is 0. The van der Waals surface area contributed by atoms with Crippen LogP contribution in [-0.4, -0.2) is 0 Å². The summed E-state index contributed by atoms with van der Waals surface area (Å²) in [5, 5.41) is 2.69. The Labute approximate surface area is 218 Å². The molecule has 0 N–H and O–H groups in total. The predicted octanol–water partition coefficient (Wildman–Crippen LogP) is 1.65. The summed E-state index contributed by atoms with van der Waals surface area (Å²) in [6, 6.07) is 31.2. The second-order valence-corrected chi connectivity index (χ2v) is 7.09. The van der Waals surface area contributed by atoms with Crippen LogP contribution in [0.2, 0.25) is 0 Å². The van der Waals surface area contributed by atoms with Crippen LogP contribution in [0.4, 0.5) is 0 Å². The van der Waals surface area contributed by atoms with Gasteiger partial charge < -0.3 is 31.7 Å². The van der Waals surface area contributed by atoms with Crippen LogP contribution in [0.5, 0.6) is 0 Å². The molecule has 0 saturated heterocycles. The van der Waals surface area contributed by atoms with Gasteiger partial charge in [-0.1, -0.05) is 67.1 Å². The van der Waals surface area contributed by atoms with E-state index in [2.05, 4.69) is 105 Å². The maximum atomic E-state index is 3.25. The van der Waals surface area contributed by atoms with Crippen molar-refractivity contribution in [3.63, 3.8) is 0 Å². The Hall–Kier alpha value is -1.53. The van der Waals surface area contributed by atoms with Crippen molar-refractivity contribution in [2.75, 3.05) is 0 Å². The summed E-state index contributed by atoms with van der Waals surface area (Å²) >= 11 is 0. The molecule has 0 nitrogen and oxygen atoms in total. The topological polar surface area (TPSA) is 0 Å². The molecule has 0 aliphatic heterocycles. The molecule has 5 rings (SSSR count). The van der Waals surface area contributed by atoms with Gasteiger partial charge in [0.1, 0.15) is 0 Å². The van der Waals surface area contributed by atoms with Crippen molar-refractivity contribution in [1.82, 2.24) is 0 Å². The van der Waals surface area contributed by atoms with E-state index in [1.54, 1.807) is 6.92 Å². The second-order valence-electron chi connectivity index (χ2n) is 7.09. The van der Waals surface area contributed by atoms with Gasteiger partial charge in [-0.2, -0.15) is 19.1 Å². The minimum atomic E-state index is 0. The molecule has 1 aliphatic carbocycles. The monoisotopic (exact) mass is 522 g/mol. The van der Waals surface area contributed by atoms with Gasteiger partial charge in [-0.25, -0.2) is 0 Å². The summed E-state index contributed by atoms with van der Waals surface area (Å²) in [5.41, 5.74) is 8.28. The fourth-order valence-corrected chi connectivity index (χ4v) is 4.28. The molecule has 1 atom stereocenters. The zero-order valence-corrected chi connectivity index (χ0v) is 21.9. The van der Waals surface area contributed by atoms with Crippen molar-refractivity contribution in [2.45, 2.75) is 26.2 Å². The summed E-state index contributed by atoms with van der Waals surface area (Å²) in [5.74, 6) is 0.296. The zero-order valence-electron chi connectivity index (χ0n) is 17.9. The van der Waals surface area contributed by atoms with Crippen LogP contribution in [0.1, 0.15) is 47.6 Å². The average molecular weight is 525 g/mol. The molecular formula is C28H26Cl2Zr. The fourth-order valence-electron chi connectivity index (χ4n) is 4.28. The molecule has 0 saturated carbocycles. The van der Waals surface area contributed by atoms with Crippen LogP contribution < -0.4 is 24.8 Å². The zero-order chi connectivity index (χ0) is 19.5. The summed E-state index contributed by atoms with van der Waals surface area (Å²) in [6.07, 6.45) is 3.46. The van der Waals surface area contributed by atoms with Gasteiger partial charge in [0, 0.05) is 5.92 Å². The van der Waals surface area contributed by atoms with E-state index in [9.17, 15) is 0 Å². The van der Waals surface area contributed by atoms with Crippen LogP contribution >= 0.6 is 0 Å². The maximum Gasteiger partial charge on any atom is 4.00 e. The summed E-state index contributed by atoms with van der Waals surface area (Å²) < 4.78 is 0. The van der Waals surface area contributed by atoms with Crippen molar-refractivity contribution >= 4 is 22.4 Å². The third kappa shape index (κ3) is 5.28. The first kappa shape index (κ1) is 27.5. The molecule has 1 unspecified atom stereocenters. The fraction of sp³-hybridized carbons (Fsp3) is 0.143. The molecule has 4 aromatic carbocycles. The Balaban J connectivity index is 0.000000935. The largest absolute Gasteiger partial charge is 4.00 e. The summed E-state index contributed by atoms with van der Waals surface area (Å²) in [4.78, 5) is 0. The Bertz CT molecular complexity index is 1120. The first-order chi connectivity index (χ1) is 13.8. The number of benzene rings is 3. The number of rotatable bonds is 3. The SMILES string of the molecule is CCc1ccc(C2=Cc3ccccc3C2c2cccc3[cH-]ccc23)cc1.[CH2-]C.[Cl-].[Cl-].[Zr+4]. The first-order valence-electron chi connectivity index (χ1n) is 10.1. The molecule has 0 aromatic heterocycles. The van der Waals surface area contributed by atoms with Crippen molar-refractivity contribution in [2.24, 2.45) is 0 Å². The number of aryl methyl sites for hydroxylation is 1. The number of fused-ring (bicyclic) bond motifs is 2. The van der Waals surface area contributed by atoms with Crippen LogP contribution in [0.15, 0.2) is 84.9 Å². The van der Waals surface area contributed by atoms with Gasteiger partial charge >= 0.3 is 26.2 Å². The van der Waals surface area contributed by atoms with Gasteiger partial charge in [-0.05, 0) is 40.3 Å². The minimum Gasteiger partial charge on any atom is -1.00 e. The van der Waals surface area contributed by atoms with Crippen molar-refractivity contribution in [1.29, 1.82) is 0 Å². The summed E-state index contributed by atoms with van der Waals surface area (Å²) in [6.45, 7) is 7.21. The predicted molar refractivity (Wildman–Crippen MR) is 123 cm³/mol. The van der Waals surface area contributed by atoms with Gasteiger partial charge in [-0.3, -0.25) is 0 Å². The normalized spacial score (nSPS) is 13.5. The van der Waals surface area contributed by atoms with Gasteiger partial charge in [-0.15, -0.1) is 29.0 Å². The number of hydrogen-bond acceptors (Lipinski definition) is 0. The van der Waals surface area contributed by atoms with E-state index in [0.717, 1.165) is 6.42 Å². The smallest absolute Gasteiger partial charge is 1.00 e. The molecule has 3 heteroatoms. The molecule has 156 valence electrons. The Morgan fingerprint density at radius 2 is 1.48 bits per heavy atom. The first-order valence-corrected chi connectivity index (χ1v) is 10.1. The Kier molecular flexibility index (Phi) is 11.1. The molecule has 1 aliphatic rings. The average Bonchev–Trinajstić information content (AvgIpc) is 3.40. The molecular weight excluding hydrogens is 498 g/mol. The van der Waals surface area contributed by atoms with Gasteiger partial charge in [0.2, 0.25) is 0 Å². The van der Waals surface area contributed by atoms with Crippen LogP contribution in [0.3, 0.4) is 0 Å². The molecule has 4 aromatic rings. The summed E-state index contributed by atoms with van der Waals surface area (Å²) in [7, 11) is 0. The number of halogens is 2. The Morgan fingerprint density at radius 3 is 2.19 bits per heavy atom. The van der Waals surface area contributed by atoms with E-state index in [1.165, 1.54) is 44.2 Å². The number of allylic oxidation sites excluding steroid dienone is 1. The van der Waals surface area contributed by atoms with E-state index in [4.69, 9.17) is 0 Å². The van der Waals surface area contributed by atoms with Crippen molar-refractivity contribution in [3.05, 3.63) is 120 Å². The van der Waals surface area contributed by atoms with E-state index < -0.39 is 0 Å². The quantitative estimate of drug-likeness (QED) is 0.358. The Morgan fingerprint density at radius 1 is 0.806 bits per heavy atom. The van der Waals surface area contributed by atoms with Crippen LogP contribution in [-0.2, 0) is 32.6 Å².